The number of nitrogens with zero attached hydrogens (tertiary/aromatic N) is 10. The van der Waals surface area contributed by atoms with Crippen LogP contribution in [0.15, 0.2) is 115 Å². The van der Waals surface area contributed by atoms with Crippen LogP contribution in [-0.4, -0.2) is 39.0 Å². The van der Waals surface area contributed by atoms with E-state index >= 15 is 0 Å². The Morgan fingerprint density at radius 1 is 0.424 bits per heavy atom. The Balaban J connectivity index is 1.32. The minimum atomic E-state index is 0.475. The number of para-hydroxylation sites is 2. The van der Waals surface area contributed by atoms with Gasteiger partial charge in [-0.2, -0.15) is 10.5 Å². The molecule has 4 aromatic heterocycles. The van der Waals surface area contributed by atoms with E-state index in [-0.39, 0.29) is 0 Å². The molecule has 0 amide bonds. The molecule has 10 heteroatoms. The molecular formula is C49H34N10. The topological polar surface area (TPSA) is 135 Å². The lowest BCUT2D eigenvalue weighted by atomic mass is 9.96. The molecule has 59 heavy (non-hydrogen) atoms. The van der Waals surface area contributed by atoms with Gasteiger partial charge in [-0.05, 0) is 94.3 Å². The first kappa shape index (κ1) is 35.3. The molecule has 0 aliphatic carbocycles. The lowest BCUT2D eigenvalue weighted by molar-refractivity contribution is 0.928. The summed E-state index contributed by atoms with van der Waals surface area (Å²) in [4.78, 5) is 27.6. The molecule has 0 saturated carbocycles. The second kappa shape index (κ2) is 13.5. The quantitative estimate of drug-likeness (QED) is 0.169. The van der Waals surface area contributed by atoms with Gasteiger partial charge >= 0.3 is 0 Å². The molecule has 0 saturated heterocycles. The van der Waals surface area contributed by atoms with Gasteiger partial charge in [0.15, 0.2) is 11.6 Å². The number of hydrogen-bond donors (Lipinski definition) is 0. The number of aryl methyl sites for hydroxylation is 5. The van der Waals surface area contributed by atoms with Crippen LogP contribution in [0.2, 0.25) is 0 Å². The fraction of sp³-hybridized carbons (Fsp3) is 0.102. The standard InChI is InChI=1S/C49H34N10/c1-27-18-32(25-50)20-35(19-27)41-24-44(58-42-12-8-6-10-37(42)39-16-14-33(21-45(39)58)48-54-28(2)52-29(3)55-48)36(26-51)23-47(41)59-43-13-9-7-11-38(43)40-17-15-34(22-46(40)59)49-56-30(4)53-31(5)57-49/h6-24H,1-5H3. The van der Waals surface area contributed by atoms with E-state index in [1.54, 1.807) is 0 Å². The van der Waals surface area contributed by atoms with E-state index < -0.39 is 0 Å². The summed E-state index contributed by atoms with van der Waals surface area (Å²) in [6.45, 7) is 9.47. The van der Waals surface area contributed by atoms with E-state index in [2.05, 4.69) is 102 Å². The number of benzene rings is 6. The highest BCUT2D eigenvalue weighted by molar-refractivity contribution is 6.12. The molecule has 0 bridgehead atoms. The van der Waals surface area contributed by atoms with Gasteiger partial charge in [0.25, 0.3) is 0 Å². The van der Waals surface area contributed by atoms with Gasteiger partial charge in [-0.1, -0.05) is 66.7 Å². The Labute approximate surface area is 339 Å². The molecule has 0 spiro atoms. The van der Waals surface area contributed by atoms with Crippen molar-refractivity contribution >= 4 is 43.6 Å². The molecule has 0 aliphatic heterocycles. The molecule has 10 nitrogen and oxygen atoms in total. The van der Waals surface area contributed by atoms with Gasteiger partial charge in [-0.25, -0.2) is 29.9 Å². The lowest BCUT2D eigenvalue weighted by Gasteiger charge is -2.19. The van der Waals surface area contributed by atoms with Crippen molar-refractivity contribution in [2.45, 2.75) is 34.6 Å². The van der Waals surface area contributed by atoms with Crippen molar-refractivity contribution in [2.24, 2.45) is 0 Å². The van der Waals surface area contributed by atoms with Crippen molar-refractivity contribution in [3.05, 3.63) is 155 Å². The zero-order valence-corrected chi connectivity index (χ0v) is 32.9. The average molecular weight is 763 g/mol. The Bertz CT molecular complexity index is 3450. The smallest absolute Gasteiger partial charge is 0.163 e. The van der Waals surface area contributed by atoms with Crippen LogP contribution >= 0.6 is 0 Å². The monoisotopic (exact) mass is 762 g/mol. The largest absolute Gasteiger partial charge is 0.309 e. The second-order valence-electron chi connectivity index (χ2n) is 14.9. The summed E-state index contributed by atoms with van der Waals surface area (Å²) in [5.41, 5.74) is 10.6. The van der Waals surface area contributed by atoms with E-state index in [1.165, 1.54) is 0 Å². The molecule has 6 aromatic carbocycles. The normalized spacial score (nSPS) is 11.4. The van der Waals surface area contributed by atoms with Crippen molar-refractivity contribution in [3.63, 3.8) is 0 Å². The fourth-order valence-corrected chi connectivity index (χ4v) is 8.50. The van der Waals surface area contributed by atoms with E-state index in [4.69, 9.17) is 9.97 Å². The zero-order valence-electron chi connectivity index (χ0n) is 32.9. The number of aromatic nitrogens is 8. The van der Waals surface area contributed by atoms with Crippen LogP contribution in [0.3, 0.4) is 0 Å². The minimum Gasteiger partial charge on any atom is -0.309 e. The summed E-state index contributed by atoms with van der Waals surface area (Å²) in [6.07, 6.45) is 0. The molecule has 0 unspecified atom stereocenters. The third-order valence-corrected chi connectivity index (χ3v) is 10.8. The van der Waals surface area contributed by atoms with Gasteiger partial charge in [0.1, 0.15) is 29.4 Å². The highest BCUT2D eigenvalue weighted by Crippen LogP contribution is 2.42. The number of hydrogen-bond acceptors (Lipinski definition) is 8. The van der Waals surface area contributed by atoms with E-state index in [1.807, 2.05) is 89.2 Å². The number of nitriles is 2. The molecule has 0 fully saturated rings. The van der Waals surface area contributed by atoms with Gasteiger partial charge in [-0.3, -0.25) is 0 Å². The third kappa shape index (κ3) is 5.86. The minimum absolute atomic E-state index is 0.475. The van der Waals surface area contributed by atoms with Gasteiger partial charge in [0, 0.05) is 38.2 Å². The van der Waals surface area contributed by atoms with Crippen LogP contribution in [-0.2, 0) is 0 Å². The summed E-state index contributed by atoms with van der Waals surface area (Å²) in [5.74, 6) is 3.76. The predicted molar refractivity (Wildman–Crippen MR) is 231 cm³/mol. The average Bonchev–Trinajstić information content (AvgIpc) is 3.74. The molecule has 0 aliphatic rings. The molecule has 0 atom stereocenters. The first-order valence-corrected chi connectivity index (χ1v) is 19.2. The maximum Gasteiger partial charge on any atom is 0.163 e. The third-order valence-electron chi connectivity index (χ3n) is 10.8. The van der Waals surface area contributed by atoms with E-state index in [9.17, 15) is 10.5 Å². The molecule has 4 heterocycles. The van der Waals surface area contributed by atoms with Crippen molar-refractivity contribution in [1.29, 1.82) is 10.5 Å². The van der Waals surface area contributed by atoms with Crippen LogP contribution < -0.4 is 0 Å². The van der Waals surface area contributed by atoms with E-state index in [0.29, 0.717) is 51.8 Å². The van der Waals surface area contributed by atoms with Crippen molar-refractivity contribution in [1.82, 2.24) is 39.0 Å². The van der Waals surface area contributed by atoms with Gasteiger partial charge in [0.2, 0.25) is 0 Å². The Kier molecular flexibility index (Phi) is 8.11. The molecule has 0 N–H and O–H groups in total. The van der Waals surface area contributed by atoms with Crippen LogP contribution in [0.25, 0.3) is 88.9 Å². The summed E-state index contributed by atoms with van der Waals surface area (Å²) in [5, 5.41) is 25.5. The van der Waals surface area contributed by atoms with Gasteiger partial charge < -0.3 is 9.13 Å². The lowest BCUT2D eigenvalue weighted by Crippen LogP contribution is -2.04. The molecule has 10 aromatic rings. The highest BCUT2D eigenvalue weighted by atomic mass is 15.0. The fourth-order valence-electron chi connectivity index (χ4n) is 8.50. The van der Waals surface area contributed by atoms with Crippen LogP contribution in [0.5, 0.6) is 0 Å². The maximum atomic E-state index is 11.2. The summed E-state index contributed by atoms with van der Waals surface area (Å²) in [6, 6.07) is 44.0. The maximum absolute atomic E-state index is 11.2. The summed E-state index contributed by atoms with van der Waals surface area (Å²) in [7, 11) is 0. The SMILES string of the molecule is Cc1cc(C#N)cc(-c2cc(-n3c4ccccc4c4ccc(-c5nc(C)nc(C)n5)cc43)c(C#N)cc2-n2c3ccccc3c3ccc(-c4nc(C)nc(C)n4)cc32)c1. The van der Waals surface area contributed by atoms with Crippen LogP contribution in [0, 0.1) is 57.3 Å². The van der Waals surface area contributed by atoms with E-state index in [0.717, 1.165) is 77.1 Å². The highest BCUT2D eigenvalue weighted by Gasteiger charge is 2.23. The van der Waals surface area contributed by atoms with Gasteiger partial charge in [-0.15, -0.1) is 0 Å². The first-order chi connectivity index (χ1) is 28.7. The van der Waals surface area contributed by atoms with Crippen molar-refractivity contribution in [3.8, 4) is 57.4 Å². The molecule has 0 radical (unpaired) electrons. The van der Waals surface area contributed by atoms with Crippen molar-refractivity contribution in [2.75, 3.05) is 0 Å². The first-order valence-electron chi connectivity index (χ1n) is 19.2. The van der Waals surface area contributed by atoms with Crippen LogP contribution in [0.1, 0.15) is 40.0 Å². The summed E-state index contributed by atoms with van der Waals surface area (Å²) < 4.78 is 4.39. The molecular weight excluding hydrogens is 729 g/mol. The Hall–Kier alpha value is -8.08. The van der Waals surface area contributed by atoms with Crippen LogP contribution in [0.4, 0.5) is 0 Å². The Morgan fingerprint density at radius 3 is 1.42 bits per heavy atom. The predicted octanol–water partition coefficient (Wildman–Crippen LogP) is 10.5. The second-order valence-corrected chi connectivity index (χ2v) is 14.9. The molecule has 10 rings (SSSR count). The zero-order chi connectivity index (χ0) is 40.5. The summed E-state index contributed by atoms with van der Waals surface area (Å²) >= 11 is 0. The van der Waals surface area contributed by atoms with Gasteiger partial charge in [0.05, 0.1) is 50.6 Å². The van der Waals surface area contributed by atoms with Crippen molar-refractivity contribution < 1.29 is 0 Å². The number of fused-ring (bicyclic) bond motifs is 6. The Morgan fingerprint density at radius 2 is 0.915 bits per heavy atom. The molecule has 280 valence electrons. The number of rotatable bonds is 5.